The third kappa shape index (κ3) is 4.38. The zero-order valence-corrected chi connectivity index (χ0v) is 13.9. The summed E-state index contributed by atoms with van der Waals surface area (Å²) in [6.07, 6.45) is -2.64. The van der Waals surface area contributed by atoms with Gasteiger partial charge in [0.1, 0.15) is 17.6 Å². The molecule has 1 heterocycles. The number of alkyl halides is 3. The van der Waals surface area contributed by atoms with Crippen LogP contribution in [0.3, 0.4) is 0 Å². The number of hydrogen-bond donors (Lipinski definition) is 0. The van der Waals surface area contributed by atoms with E-state index in [1.807, 2.05) is 24.3 Å². The fraction of sp³-hybridized carbons (Fsp3) is 0.368. The Labute approximate surface area is 145 Å². The van der Waals surface area contributed by atoms with E-state index in [0.717, 1.165) is 49.5 Å². The maximum absolute atomic E-state index is 12.6. The molecule has 6 heteroatoms. The van der Waals surface area contributed by atoms with Crippen molar-refractivity contribution in [3.05, 3.63) is 54.1 Å². The molecular weight excluding hydrogens is 331 g/mol. The highest BCUT2D eigenvalue weighted by Gasteiger charge is 2.30. The molecule has 25 heavy (non-hydrogen) atoms. The Balaban J connectivity index is 1.53. The minimum absolute atomic E-state index is 0.0197. The van der Waals surface area contributed by atoms with Crippen molar-refractivity contribution in [1.29, 1.82) is 0 Å². The summed E-state index contributed by atoms with van der Waals surface area (Å²) in [6, 6.07) is 12.8. The quantitative estimate of drug-likeness (QED) is 0.793. The van der Waals surface area contributed by atoms with Crippen molar-refractivity contribution in [3.63, 3.8) is 0 Å². The number of ether oxygens (including phenoxy) is 2. The fourth-order valence-electron chi connectivity index (χ4n) is 2.94. The summed E-state index contributed by atoms with van der Waals surface area (Å²) in [5, 5.41) is 0. The SMILES string of the molecule is COc1ccc(N2CCC(Oc3ccc(C(F)(F)F)cc3)CC2)cc1. The third-order valence-corrected chi connectivity index (χ3v) is 4.36. The highest BCUT2D eigenvalue weighted by molar-refractivity contribution is 5.49. The van der Waals surface area contributed by atoms with Gasteiger partial charge in [-0.05, 0) is 48.5 Å². The van der Waals surface area contributed by atoms with E-state index in [0.29, 0.717) is 5.75 Å². The van der Waals surface area contributed by atoms with Gasteiger partial charge in [-0.25, -0.2) is 0 Å². The third-order valence-electron chi connectivity index (χ3n) is 4.36. The molecule has 1 saturated heterocycles. The molecule has 0 spiro atoms. The summed E-state index contributed by atoms with van der Waals surface area (Å²) in [7, 11) is 1.64. The van der Waals surface area contributed by atoms with Gasteiger partial charge in [0.2, 0.25) is 0 Å². The zero-order chi connectivity index (χ0) is 17.9. The molecule has 0 aliphatic carbocycles. The van der Waals surface area contributed by atoms with E-state index in [-0.39, 0.29) is 6.10 Å². The molecule has 2 aromatic carbocycles. The highest BCUT2D eigenvalue weighted by atomic mass is 19.4. The van der Waals surface area contributed by atoms with Crippen LogP contribution in [0.2, 0.25) is 0 Å². The molecule has 1 fully saturated rings. The number of methoxy groups -OCH3 is 1. The van der Waals surface area contributed by atoms with Crippen LogP contribution in [-0.4, -0.2) is 26.3 Å². The number of nitrogens with zero attached hydrogens (tertiary/aromatic N) is 1. The second-order valence-corrected chi connectivity index (χ2v) is 6.02. The lowest BCUT2D eigenvalue weighted by molar-refractivity contribution is -0.137. The normalized spacial score (nSPS) is 15.9. The van der Waals surface area contributed by atoms with Gasteiger partial charge in [-0.1, -0.05) is 0 Å². The molecule has 0 atom stereocenters. The Morgan fingerprint density at radius 3 is 1.96 bits per heavy atom. The van der Waals surface area contributed by atoms with Gasteiger partial charge in [-0.3, -0.25) is 0 Å². The van der Waals surface area contributed by atoms with Gasteiger partial charge in [0, 0.05) is 31.6 Å². The molecule has 2 aromatic rings. The zero-order valence-electron chi connectivity index (χ0n) is 13.9. The largest absolute Gasteiger partial charge is 0.497 e. The van der Waals surface area contributed by atoms with E-state index in [4.69, 9.17) is 9.47 Å². The number of rotatable bonds is 4. The molecule has 0 saturated carbocycles. The summed E-state index contributed by atoms with van der Waals surface area (Å²) in [6.45, 7) is 1.69. The number of benzene rings is 2. The summed E-state index contributed by atoms with van der Waals surface area (Å²) in [5.41, 5.74) is 0.475. The van der Waals surface area contributed by atoms with Crippen LogP contribution in [0.1, 0.15) is 18.4 Å². The Hall–Kier alpha value is -2.37. The van der Waals surface area contributed by atoms with E-state index >= 15 is 0 Å². The monoisotopic (exact) mass is 351 g/mol. The van der Waals surface area contributed by atoms with Crippen LogP contribution in [0.5, 0.6) is 11.5 Å². The lowest BCUT2D eigenvalue weighted by atomic mass is 10.1. The second kappa shape index (κ2) is 7.25. The Kier molecular flexibility index (Phi) is 5.06. The highest BCUT2D eigenvalue weighted by Crippen LogP contribution is 2.31. The molecule has 0 N–H and O–H groups in total. The molecule has 0 aromatic heterocycles. The van der Waals surface area contributed by atoms with Crippen LogP contribution < -0.4 is 14.4 Å². The average Bonchev–Trinajstić information content (AvgIpc) is 2.62. The van der Waals surface area contributed by atoms with Gasteiger partial charge < -0.3 is 14.4 Å². The van der Waals surface area contributed by atoms with Crippen molar-refractivity contribution < 1.29 is 22.6 Å². The first-order valence-corrected chi connectivity index (χ1v) is 8.18. The molecule has 3 rings (SSSR count). The first kappa shape index (κ1) is 17.5. The number of halogens is 3. The molecule has 0 unspecified atom stereocenters. The predicted molar refractivity (Wildman–Crippen MR) is 90.3 cm³/mol. The van der Waals surface area contributed by atoms with E-state index in [2.05, 4.69) is 4.90 Å². The molecule has 3 nitrogen and oxygen atoms in total. The average molecular weight is 351 g/mol. The topological polar surface area (TPSA) is 21.7 Å². The summed E-state index contributed by atoms with van der Waals surface area (Å²) >= 11 is 0. The van der Waals surface area contributed by atoms with Crippen LogP contribution in [0.25, 0.3) is 0 Å². The smallest absolute Gasteiger partial charge is 0.416 e. The lowest BCUT2D eigenvalue weighted by Crippen LogP contribution is -2.38. The maximum Gasteiger partial charge on any atom is 0.416 e. The van der Waals surface area contributed by atoms with Gasteiger partial charge in [0.25, 0.3) is 0 Å². The van der Waals surface area contributed by atoms with Gasteiger partial charge in [0.05, 0.1) is 12.7 Å². The van der Waals surface area contributed by atoms with Crippen LogP contribution in [-0.2, 0) is 6.18 Å². The summed E-state index contributed by atoms with van der Waals surface area (Å²) < 4.78 is 48.7. The Morgan fingerprint density at radius 2 is 1.44 bits per heavy atom. The first-order chi connectivity index (χ1) is 12.0. The number of anilines is 1. The van der Waals surface area contributed by atoms with Crippen molar-refractivity contribution in [3.8, 4) is 11.5 Å². The number of piperidine rings is 1. The predicted octanol–water partition coefficient (Wildman–Crippen LogP) is 4.76. The van der Waals surface area contributed by atoms with Crippen LogP contribution in [0.15, 0.2) is 48.5 Å². The minimum Gasteiger partial charge on any atom is -0.497 e. The second-order valence-electron chi connectivity index (χ2n) is 6.02. The van der Waals surface area contributed by atoms with Crippen molar-refractivity contribution in [2.45, 2.75) is 25.1 Å². The molecular formula is C19H20F3NO2. The van der Waals surface area contributed by atoms with E-state index in [1.54, 1.807) is 7.11 Å². The maximum atomic E-state index is 12.6. The van der Waals surface area contributed by atoms with Gasteiger partial charge in [0.15, 0.2) is 0 Å². The number of hydrogen-bond acceptors (Lipinski definition) is 3. The van der Waals surface area contributed by atoms with Crippen molar-refractivity contribution in [1.82, 2.24) is 0 Å². The lowest BCUT2D eigenvalue weighted by Gasteiger charge is -2.33. The summed E-state index contributed by atoms with van der Waals surface area (Å²) in [5.74, 6) is 1.31. The van der Waals surface area contributed by atoms with Gasteiger partial charge in [-0.2, -0.15) is 13.2 Å². The standard InChI is InChI=1S/C19H20F3NO2/c1-24-16-8-4-15(5-9-16)23-12-10-18(11-13-23)25-17-6-2-14(3-7-17)19(20,21)22/h2-9,18H,10-13H2,1H3. The summed E-state index contributed by atoms with van der Waals surface area (Å²) in [4.78, 5) is 2.27. The van der Waals surface area contributed by atoms with Crippen LogP contribution in [0.4, 0.5) is 18.9 Å². The van der Waals surface area contributed by atoms with Crippen molar-refractivity contribution in [2.75, 3.05) is 25.1 Å². The molecule has 1 aliphatic rings. The molecule has 0 amide bonds. The minimum atomic E-state index is -4.32. The van der Waals surface area contributed by atoms with E-state index < -0.39 is 11.7 Å². The van der Waals surface area contributed by atoms with Crippen LogP contribution >= 0.6 is 0 Å². The molecule has 1 aliphatic heterocycles. The van der Waals surface area contributed by atoms with Crippen LogP contribution in [0, 0.1) is 0 Å². The Bertz CT molecular complexity index is 675. The fourth-order valence-corrected chi connectivity index (χ4v) is 2.94. The van der Waals surface area contributed by atoms with Crippen molar-refractivity contribution in [2.24, 2.45) is 0 Å². The molecule has 0 bridgehead atoms. The first-order valence-electron chi connectivity index (χ1n) is 8.18. The van der Waals surface area contributed by atoms with E-state index in [1.165, 1.54) is 12.1 Å². The van der Waals surface area contributed by atoms with Crippen molar-refractivity contribution >= 4 is 5.69 Å². The Morgan fingerprint density at radius 1 is 0.880 bits per heavy atom. The van der Waals surface area contributed by atoms with Gasteiger partial charge >= 0.3 is 6.18 Å². The van der Waals surface area contributed by atoms with Gasteiger partial charge in [-0.15, -0.1) is 0 Å². The molecule has 134 valence electrons. The molecule has 0 radical (unpaired) electrons. The van der Waals surface area contributed by atoms with E-state index in [9.17, 15) is 13.2 Å².